The van der Waals surface area contributed by atoms with E-state index in [9.17, 15) is 14.0 Å². The molecular weight excluding hydrogens is 381 g/mol. The fourth-order valence-corrected chi connectivity index (χ4v) is 3.31. The van der Waals surface area contributed by atoms with E-state index in [1.165, 1.54) is 31.4 Å². The fourth-order valence-electron chi connectivity index (χ4n) is 3.31. The van der Waals surface area contributed by atoms with Crippen LogP contribution in [0.25, 0.3) is 17.2 Å². The summed E-state index contributed by atoms with van der Waals surface area (Å²) in [7, 11) is 1.80. The summed E-state index contributed by atoms with van der Waals surface area (Å²) in [6.45, 7) is 2.65. The Morgan fingerprint density at radius 1 is 1.07 bits per heavy atom. The van der Waals surface area contributed by atoms with E-state index in [1.807, 2.05) is 24.3 Å². The average molecular weight is 412 g/mol. The second-order valence-electron chi connectivity index (χ2n) is 7.53. The van der Waals surface area contributed by atoms with Crippen LogP contribution in [0.5, 0.6) is 0 Å². The third-order valence-corrected chi connectivity index (χ3v) is 4.99. The van der Waals surface area contributed by atoms with E-state index in [0.717, 1.165) is 30.0 Å². The summed E-state index contributed by atoms with van der Waals surface area (Å²) < 4.78 is 14.6. The lowest BCUT2D eigenvalue weighted by Gasteiger charge is -2.18. The standard InChI is InChI=1S/C25H30FNO3/c1-3-4-5-6-7-11-24(28)27(2)18-20-9-8-10-21(16-20)22-14-12-19(17-23(22)26)13-15-25(29)30/h8-10,12-17H,3-7,11,18H2,1-2H3,(H,29,30)/b15-13+. The highest BCUT2D eigenvalue weighted by molar-refractivity contribution is 5.85. The molecule has 0 unspecified atom stereocenters. The number of unbranched alkanes of at least 4 members (excludes halogenated alkanes) is 4. The molecule has 0 fully saturated rings. The molecule has 1 amide bonds. The van der Waals surface area contributed by atoms with Gasteiger partial charge in [-0.05, 0) is 41.3 Å². The van der Waals surface area contributed by atoms with Crippen molar-refractivity contribution in [2.24, 2.45) is 0 Å². The van der Waals surface area contributed by atoms with Crippen molar-refractivity contribution in [2.75, 3.05) is 7.05 Å². The number of nitrogens with zero attached hydrogens (tertiary/aromatic N) is 1. The number of benzene rings is 2. The summed E-state index contributed by atoms with van der Waals surface area (Å²) >= 11 is 0. The van der Waals surface area contributed by atoms with Crippen molar-refractivity contribution in [1.82, 2.24) is 4.90 Å². The zero-order chi connectivity index (χ0) is 21.9. The number of carbonyl (C=O) groups is 2. The lowest BCUT2D eigenvalue weighted by Crippen LogP contribution is -2.25. The summed E-state index contributed by atoms with van der Waals surface area (Å²) in [4.78, 5) is 24.7. The van der Waals surface area contributed by atoms with Crippen molar-refractivity contribution >= 4 is 18.0 Å². The first-order valence-electron chi connectivity index (χ1n) is 10.4. The SMILES string of the molecule is CCCCCCCC(=O)N(C)Cc1cccc(-c2ccc(/C=C/C(=O)O)cc2F)c1. The number of halogens is 1. The van der Waals surface area contributed by atoms with E-state index in [2.05, 4.69) is 6.92 Å². The average Bonchev–Trinajstić information content (AvgIpc) is 2.72. The largest absolute Gasteiger partial charge is 0.478 e. The predicted octanol–water partition coefficient (Wildman–Crippen LogP) is 5.91. The van der Waals surface area contributed by atoms with Crippen molar-refractivity contribution in [3.63, 3.8) is 0 Å². The number of carboxylic acids is 1. The van der Waals surface area contributed by atoms with Crippen LogP contribution in [0.3, 0.4) is 0 Å². The Bertz CT molecular complexity index is 892. The lowest BCUT2D eigenvalue weighted by atomic mass is 10.0. The van der Waals surface area contributed by atoms with Gasteiger partial charge in [0.05, 0.1) is 0 Å². The number of aliphatic carboxylic acids is 1. The first kappa shape index (κ1) is 23.3. The van der Waals surface area contributed by atoms with Gasteiger partial charge in [-0.3, -0.25) is 4.79 Å². The number of hydrogen-bond acceptors (Lipinski definition) is 2. The highest BCUT2D eigenvalue weighted by Gasteiger charge is 2.11. The Morgan fingerprint density at radius 2 is 1.83 bits per heavy atom. The second-order valence-corrected chi connectivity index (χ2v) is 7.53. The third-order valence-electron chi connectivity index (χ3n) is 4.99. The smallest absolute Gasteiger partial charge is 0.328 e. The number of carbonyl (C=O) groups excluding carboxylic acids is 1. The van der Waals surface area contributed by atoms with E-state index in [1.54, 1.807) is 24.1 Å². The number of rotatable bonds is 11. The maximum Gasteiger partial charge on any atom is 0.328 e. The third kappa shape index (κ3) is 7.47. The minimum Gasteiger partial charge on any atom is -0.478 e. The molecule has 0 aliphatic carbocycles. The van der Waals surface area contributed by atoms with Gasteiger partial charge in [-0.2, -0.15) is 0 Å². The summed E-state index contributed by atoms with van der Waals surface area (Å²) in [5, 5.41) is 8.69. The predicted molar refractivity (Wildman–Crippen MR) is 118 cm³/mol. The molecule has 0 bridgehead atoms. The van der Waals surface area contributed by atoms with E-state index in [-0.39, 0.29) is 5.91 Å². The van der Waals surface area contributed by atoms with Gasteiger partial charge in [-0.1, -0.05) is 62.9 Å². The molecule has 4 nitrogen and oxygen atoms in total. The van der Waals surface area contributed by atoms with Gasteiger partial charge < -0.3 is 10.0 Å². The zero-order valence-electron chi connectivity index (χ0n) is 17.7. The topological polar surface area (TPSA) is 57.6 Å². The van der Waals surface area contributed by atoms with Crippen molar-refractivity contribution in [2.45, 2.75) is 52.0 Å². The molecule has 0 aromatic heterocycles. The molecule has 0 saturated heterocycles. The Morgan fingerprint density at radius 3 is 2.53 bits per heavy atom. The molecule has 2 rings (SSSR count). The van der Waals surface area contributed by atoms with Gasteiger partial charge >= 0.3 is 5.97 Å². The molecule has 160 valence electrons. The van der Waals surface area contributed by atoms with Gasteiger partial charge in [-0.15, -0.1) is 0 Å². The monoisotopic (exact) mass is 411 g/mol. The minimum atomic E-state index is -1.08. The zero-order valence-corrected chi connectivity index (χ0v) is 17.7. The van der Waals surface area contributed by atoms with Gasteiger partial charge in [0.1, 0.15) is 5.82 Å². The molecule has 0 heterocycles. The van der Waals surface area contributed by atoms with Crippen molar-refractivity contribution in [1.29, 1.82) is 0 Å². The molecule has 5 heteroatoms. The van der Waals surface area contributed by atoms with Crippen LogP contribution >= 0.6 is 0 Å². The molecule has 0 aliphatic rings. The fraction of sp³-hybridized carbons (Fsp3) is 0.360. The summed E-state index contributed by atoms with van der Waals surface area (Å²) in [5.74, 6) is -1.37. The highest BCUT2D eigenvalue weighted by atomic mass is 19.1. The Balaban J connectivity index is 2.02. The van der Waals surface area contributed by atoms with Gasteiger partial charge in [0.25, 0.3) is 0 Å². The molecule has 0 aliphatic heterocycles. The van der Waals surface area contributed by atoms with Crippen LogP contribution in [0.4, 0.5) is 4.39 Å². The Kier molecular flexibility index (Phi) is 9.26. The molecule has 2 aromatic rings. The van der Waals surface area contributed by atoms with Crippen LogP contribution in [-0.4, -0.2) is 28.9 Å². The maximum atomic E-state index is 14.6. The Labute approximate surface area is 178 Å². The number of hydrogen-bond donors (Lipinski definition) is 1. The summed E-state index contributed by atoms with van der Waals surface area (Å²) in [6, 6.07) is 12.1. The molecule has 0 saturated carbocycles. The van der Waals surface area contributed by atoms with Gasteiger partial charge in [0, 0.05) is 31.7 Å². The van der Waals surface area contributed by atoms with Crippen LogP contribution in [0, 0.1) is 5.82 Å². The second kappa shape index (κ2) is 11.9. The highest BCUT2D eigenvalue weighted by Crippen LogP contribution is 2.25. The maximum absolute atomic E-state index is 14.6. The minimum absolute atomic E-state index is 0.123. The number of amides is 1. The van der Waals surface area contributed by atoms with Gasteiger partial charge in [0.2, 0.25) is 5.91 Å². The van der Waals surface area contributed by atoms with Crippen molar-refractivity contribution in [3.05, 3.63) is 65.5 Å². The molecule has 1 N–H and O–H groups in total. The molecule has 30 heavy (non-hydrogen) atoms. The van der Waals surface area contributed by atoms with Crippen molar-refractivity contribution < 1.29 is 19.1 Å². The van der Waals surface area contributed by atoms with Crippen LogP contribution in [0.15, 0.2) is 48.5 Å². The van der Waals surface area contributed by atoms with E-state index >= 15 is 0 Å². The first-order valence-corrected chi connectivity index (χ1v) is 10.4. The van der Waals surface area contributed by atoms with Gasteiger partial charge in [-0.25, -0.2) is 9.18 Å². The normalized spacial score (nSPS) is 11.0. The first-order chi connectivity index (χ1) is 14.4. The van der Waals surface area contributed by atoms with Crippen LogP contribution in [0.1, 0.15) is 56.6 Å². The summed E-state index contributed by atoms with van der Waals surface area (Å²) in [6.07, 6.45) is 8.46. The molecule has 2 aromatic carbocycles. The molecule has 0 atom stereocenters. The van der Waals surface area contributed by atoms with Crippen LogP contribution in [-0.2, 0) is 16.1 Å². The van der Waals surface area contributed by atoms with E-state index in [4.69, 9.17) is 5.11 Å². The van der Waals surface area contributed by atoms with E-state index < -0.39 is 11.8 Å². The van der Waals surface area contributed by atoms with Crippen LogP contribution < -0.4 is 0 Å². The van der Waals surface area contributed by atoms with Crippen LogP contribution in [0.2, 0.25) is 0 Å². The Hall–Kier alpha value is -2.95. The van der Waals surface area contributed by atoms with Crippen molar-refractivity contribution in [3.8, 4) is 11.1 Å². The van der Waals surface area contributed by atoms with Gasteiger partial charge in [0.15, 0.2) is 0 Å². The summed E-state index contributed by atoms with van der Waals surface area (Å²) in [5.41, 5.74) is 2.58. The van der Waals surface area contributed by atoms with E-state index in [0.29, 0.717) is 24.1 Å². The molecular formula is C25H30FNO3. The molecule has 0 radical (unpaired) electrons. The lowest BCUT2D eigenvalue weighted by molar-refractivity contribution is -0.131. The number of carboxylic acid groups (broad SMARTS) is 1. The molecule has 0 spiro atoms. The quantitative estimate of drug-likeness (QED) is 0.369.